The summed E-state index contributed by atoms with van der Waals surface area (Å²) in [6, 6.07) is 8.43. The van der Waals surface area contributed by atoms with Gasteiger partial charge in [-0.25, -0.2) is 4.98 Å². The molecule has 2 aliphatic heterocycles. The van der Waals surface area contributed by atoms with Gasteiger partial charge >= 0.3 is 0 Å². The molecule has 1 N–H and O–H groups in total. The molecule has 3 heterocycles. The first-order valence-electron chi connectivity index (χ1n) is 8.37. The van der Waals surface area contributed by atoms with Crippen LogP contribution in [0.1, 0.15) is 24.2 Å². The normalized spacial score (nSPS) is 18.8. The topological polar surface area (TPSA) is 59.4 Å². The largest absolute Gasteiger partial charge is 0.375 e. The van der Waals surface area contributed by atoms with Crippen LogP contribution in [0.25, 0.3) is 5.69 Å². The highest BCUT2D eigenvalue weighted by atomic mass is 16.5. The number of piperidine rings is 1. The molecule has 1 spiro atoms. The highest BCUT2D eigenvalue weighted by Crippen LogP contribution is 2.36. The lowest BCUT2D eigenvalue weighted by Gasteiger charge is -2.41. The van der Waals surface area contributed by atoms with E-state index in [0.717, 1.165) is 38.3 Å². The van der Waals surface area contributed by atoms with Crippen molar-refractivity contribution in [3.63, 3.8) is 0 Å². The van der Waals surface area contributed by atoms with Crippen LogP contribution in [0.15, 0.2) is 36.7 Å². The molecule has 126 valence electrons. The van der Waals surface area contributed by atoms with Crippen LogP contribution in [0.2, 0.25) is 0 Å². The van der Waals surface area contributed by atoms with E-state index in [1.165, 1.54) is 11.3 Å². The summed E-state index contributed by atoms with van der Waals surface area (Å²) >= 11 is 0. The van der Waals surface area contributed by atoms with Gasteiger partial charge in [0.1, 0.15) is 12.4 Å². The number of hydrogen-bond donors (Lipinski definition) is 1. The number of benzene rings is 1. The Bertz CT molecular complexity index is 747. The Hall–Kier alpha value is -2.18. The average molecular weight is 326 g/mol. The predicted molar refractivity (Wildman–Crippen MR) is 89.8 cm³/mol. The lowest BCUT2D eigenvalue weighted by Crippen LogP contribution is -2.53. The lowest BCUT2D eigenvalue weighted by molar-refractivity contribution is -0.137. The van der Waals surface area contributed by atoms with Gasteiger partial charge in [0.2, 0.25) is 5.91 Å². The van der Waals surface area contributed by atoms with E-state index in [1.54, 1.807) is 7.11 Å². The third kappa shape index (κ3) is 2.42. The molecule has 0 aliphatic carbocycles. The third-order valence-electron chi connectivity index (χ3n) is 5.17. The van der Waals surface area contributed by atoms with Gasteiger partial charge in [-0.1, -0.05) is 18.2 Å². The molecule has 2 aromatic rings. The number of para-hydroxylation sites is 1. The Balaban J connectivity index is 1.64. The van der Waals surface area contributed by atoms with Gasteiger partial charge in [0, 0.05) is 39.1 Å². The molecule has 1 amide bonds. The van der Waals surface area contributed by atoms with Gasteiger partial charge < -0.3 is 19.5 Å². The van der Waals surface area contributed by atoms with Crippen molar-refractivity contribution in [2.45, 2.75) is 24.9 Å². The summed E-state index contributed by atoms with van der Waals surface area (Å²) in [6.45, 7) is 2.41. The maximum Gasteiger partial charge on any atom is 0.248 e. The number of likely N-dealkylation sites (tertiary alicyclic amines) is 1. The number of amides is 1. The van der Waals surface area contributed by atoms with Gasteiger partial charge in [0.05, 0.1) is 11.2 Å². The molecular weight excluding hydrogens is 304 g/mol. The first-order chi connectivity index (χ1) is 11.7. The summed E-state index contributed by atoms with van der Waals surface area (Å²) in [4.78, 5) is 18.6. The minimum absolute atomic E-state index is 0.0626. The SMILES string of the molecule is COCC(=O)N1CCC2(CC1)NCc1ccccc1-n1ccnc12. The molecule has 4 rings (SSSR count). The minimum Gasteiger partial charge on any atom is -0.375 e. The predicted octanol–water partition coefficient (Wildman–Crippen LogP) is 1.44. The molecule has 24 heavy (non-hydrogen) atoms. The van der Waals surface area contributed by atoms with Crippen LogP contribution in [0.5, 0.6) is 0 Å². The van der Waals surface area contributed by atoms with Crippen LogP contribution in [0.3, 0.4) is 0 Å². The van der Waals surface area contributed by atoms with Gasteiger partial charge in [0.15, 0.2) is 0 Å². The van der Waals surface area contributed by atoms with Crippen molar-refractivity contribution in [1.82, 2.24) is 19.8 Å². The van der Waals surface area contributed by atoms with Crippen LogP contribution in [-0.2, 0) is 21.6 Å². The Morgan fingerprint density at radius 3 is 2.92 bits per heavy atom. The zero-order valence-corrected chi connectivity index (χ0v) is 13.9. The molecule has 1 aromatic heterocycles. The van der Waals surface area contributed by atoms with Gasteiger partial charge in [-0.2, -0.15) is 0 Å². The monoisotopic (exact) mass is 326 g/mol. The van der Waals surface area contributed by atoms with E-state index in [-0.39, 0.29) is 18.1 Å². The highest BCUT2D eigenvalue weighted by Gasteiger charge is 2.41. The summed E-state index contributed by atoms with van der Waals surface area (Å²) in [5, 5.41) is 3.73. The van der Waals surface area contributed by atoms with Gasteiger partial charge in [-0.05, 0) is 24.5 Å². The maximum atomic E-state index is 12.1. The Morgan fingerprint density at radius 1 is 1.33 bits per heavy atom. The van der Waals surface area contributed by atoms with Crippen LogP contribution >= 0.6 is 0 Å². The van der Waals surface area contributed by atoms with Crippen LogP contribution < -0.4 is 5.32 Å². The fourth-order valence-electron chi connectivity index (χ4n) is 3.84. The zero-order chi connectivity index (χ0) is 16.6. The molecule has 1 saturated heterocycles. The molecular formula is C18H22N4O2. The van der Waals surface area contributed by atoms with Crippen LogP contribution in [-0.4, -0.2) is 47.2 Å². The van der Waals surface area contributed by atoms with E-state index >= 15 is 0 Å². The second kappa shape index (κ2) is 6.03. The number of ether oxygens (including phenoxy) is 1. The first kappa shape index (κ1) is 15.4. The van der Waals surface area contributed by atoms with Gasteiger partial charge in [0.25, 0.3) is 0 Å². The third-order valence-corrected chi connectivity index (χ3v) is 5.17. The fourth-order valence-corrected chi connectivity index (χ4v) is 3.84. The van der Waals surface area contributed by atoms with Crippen molar-refractivity contribution in [3.8, 4) is 5.69 Å². The van der Waals surface area contributed by atoms with Gasteiger partial charge in [-0.15, -0.1) is 0 Å². The number of nitrogens with one attached hydrogen (secondary N) is 1. The van der Waals surface area contributed by atoms with E-state index in [1.807, 2.05) is 17.3 Å². The first-order valence-corrected chi connectivity index (χ1v) is 8.37. The summed E-state index contributed by atoms with van der Waals surface area (Å²) < 4.78 is 7.17. The van der Waals surface area contributed by atoms with Crippen molar-refractivity contribution >= 4 is 5.91 Å². The number of aromatic nitrogens is 2. The number of hydrogen-bond acceptors (Lipinski definition) is 4. The second-order valence-corrected chi connectivity index (χ2v) is 6.50. The molecule has 0 saturated carbocycles. The van der Waals surface area contributed by atoms with Crippen LogP contribution in [0, 0.1) is 0 Å². The molecule has 0 radical (unpaired) electrons. The summed E-state index contributed by atoms with van der Waals surface area (Å²) in [6.07, 6.45) is 5.61. The number of methoxy groups -OCH3 is 1. The van der Waals surface area contributed by atoms with Gasteiger partial charge in [-0.3, -0.25) is 4.79 Å². The Morgan fingerprint density at radius 2 is 2.12 bits per heavy atom. The van der Waals surface area contributed by atoms with E-state index in [2.05, 4.69) is 39.1 Å². The molecule has 6 nitrogen and oxygen atoms in total. The molecule has 1 fully saturated rings. The fraction of sp³-hybridized carbons (Fsp3) is 0.444. The van der Waals surface area contributed by atoms with Crippen molar-refractivity contribution in [1.29, 1.82) is 0 Å². The van der Waals surface area contributed by atoms with Crippen molar-refractivity contribution in [2.24, 2.45) is 0 Å². The number of imidazole rings is 1. The average Bonchev–Trinajstić information content (AvgIpc) is 3.07. The number of fused-ring (bicyclic) bond motifs is 4. The van der Waals surface area contributed by atoms with E-state index in [9.17, 15) is 4.79 Å². The standard InChI is InChI=1S/C18H22N4O2/c1-24-13-16(23)21-9-6-18(7-10-21)17-19-8-11-22(17)15-5-3-2-4-14(15)12-20-18/h2-5,8,11,20H,6-7,9-10,12-13H2,1H3. The molecule has 1 aromatic carbocycles. The number of carbonyl (C=O) groups is 1. The minimum atomic E-state index is -0.188. The smallest absolute Gasteiger partial charge is 0.248 e. The maximum absolute atomic E-state index is 12.1. The summed E-state index contributed by atoms with van der Waals surface area (Å²) in [5.41, 5.74) is 2.27. The highest BCUT2D eigenvalue weighted by molar-refractivity contribution is 5.77. The second-order valence-electron chi connectivity index (χ2n) is 6.50. The quantitative estimate of drug-likeness (QED) is 0.907. The van der Waals surface area contributed by atoms with E-state index < -0.39 is 0 Å². The van der Waals surface area contributed by atoms with Crippen molar-refractivity contribution in [2.75, 3.05) is 26.8 Å². The van der Waals surface area contributed by atoms with Crippen LogP contribution in [0.4, 0.5) is 0 Å². The molecule has 2 aliphatic rings. The Kier molecular flexibility index (Phi) is 3.86. The number of nitrogens with zero attached hydrogens (tertiary/aromatic N) is 3. The molecule has 0 unspecified atom stereocenters. The van der Waals surface area contributed by atoms with Crippen molar-refractivity contribution in [3.05, 3.63) is 48.0 Å². The zero-order valence-electron chi connectivity index (χ0n) is 13.9. The number of rotatable bonds is 2. The summed E-state index contributed by atoms with van der Waals surface area (Å²) in [7, 11) is 1.56. The Labute approximate surface area is 141 Å². The van der Waals surface area contributed by atoms with Crippen molar-refractivity contribution < 1.29 is 9.53 Å². The lowest BCUT2D eigenvalue weighted by atomic mass is 9.86. The molecule has 0 bridgehead atoms. The van der Waals surface area contributed by atoms with E-state index in [0.29, 0.717) is 0 Å². The summed E-state index contributed by atoms with van der Waals surface area (Å²) in [5.74, 6) is 1.11. The van der Waals surface area contributed by atoms with E-state index in [4.69, 9.17) is 4.74 Å². The molecule has 0 atom stereocenters. The molecule has 6 heteroatoms. The number of carbonyl (C=O) groups excluding carboxylic acids is 1.